The van der Waals surface area contributed by atoms with Crippen LogP contribution in [0.3, 0.4) is 0 Å². The summed E-state index contributed by atoms with van der Waals surface area (Å²) in [7, 11) is 0. The molecule has 0 aliphatic carbocycles. The maximum absolute atomic E-state index is 11.4. The highest BCUT2D eigenvalue weighted by molar-refractivity contribution is 6.00. The topological polar surface area (TPSA) is 98.7 Å². The fourth-order valence-corrected chi connectivity index (χ4v) is 1.24. The first-order valence-corrected chi connectivity index (χ1v) is 5.04. The van der Waals surface area contributed by atoms with Crippen LogP contribution < -0.4 is 10.6 Å². The van der Waals surface area contributed by atoms with E-state index in [-0.39, 0.29) is 23.0 Å². The maximum Gasteiger partial charge on any atom is 0.337 e. The molecule has 0 saturated heterocycles. The lowest BCUT2D eigenvalue weighted by Crippen LogP contribution is -2.34. The molecule has 0 spiro atoms. The van der Waals surface area contributed by atoms with Gasteiger partial charge in [-0.3, -0.25) is 0 Å². The Morgan fingerprint density at radius 1 is 1.29 bits per heavy atom. The molecule has 0 fully saturated rings. The van der Waals surface area contributed by atoms with Crippen LogP contribution in [0.25, 0.3) is 0 Å². The summed E-state index contributed by atoms with van der Waals surface area (Å²) in [6, 6.07) is 3.16. The van der Waals surface area contributed by atoms with Crippen molar-refractivity contribution in [2.24, 2.45) is 0 Å². The predicted octanol–water partition coefficient (Wildman–Crippen LogP) is 1.62. The number of hydrogen-bond donors (Lipinski definition) is 4. The highest BCUT2D eigenvalue weighted by Crippen LogP contribution is 2.21. The van der Waals surface area contributed by atoms with Crippen molar-refractivity contribution in [1.29, 1.82) is 0 Å². The highest BCUT2D eigenvalue weighted by atomic mass is 16.4. The molecule has 6 heteroatoms. The van der Waals surface area contributed by atoms with Crippen molar-refractivity contribution in [2.45, 2.75) is 19.9 Å². The summed E-state index contributed by atoms with van der Waals surface area (Å²) in [4.78, 5) is 22.3. The Hall–Kier alpha value is -2.24. The van der Waals surface area contributed by atoms with E-state index < -0.39 is 12.0 Å². The molecule has 0 aliphatic rings. The fraction of sp³-hybridized carbons (Fsp3) is 0.273. The van der Waals surface area contributed by atoms with Crippen LogP contribution in [0, 0.1) is 0 Å². The van der Waals surface area contributed by atoms with Gasteiger partial charge in [0.1, 0.15) is 5.75 Å². The van der Waals surface area contributed by atoms with Crippen molar-refractivity contribution in [3.8, 4) is 5.75 Å². The van der Waals surface area contributed by atoms with Gasteiger partial charge in [-0.2, -0.15) is 0 Å². The molecule has 17 heavy (non-hydrogen) atoms. The lowest BCUT2D eigenvalue weighted by atomic mass is 10.1. The molecule has 2 amide bonds. The Morgan fingerprint density at radius 3 is 2.47 bits per heavy atom. The van der Waals surface area contributed by atoms with E-state index in [1.807, 2.05) is 0 Å². The van der Waals surface area contributed by atoms with E-state index in [0.29, 0.717) is 0 Å². The second-order valence-electron chi connectivity index (χ2n) is 3.79. The van der Waals surface area contributed by atoms with Gasteiger partial charge >= 0.3 is 12.0 Å². The number of urea groups is 1. The zero-order valence-electron chi connectivity index (χ0n) is 9.52. The monoisotopic (exact) mass is 238 g/mol. The van der Waals surface area contributed by atoms with Crippen LogP contribution in [-0.4, -0.2) is 28.3 Å². The molecular formula is C11H14N2O4. The van der Waals surface area contributed by atoms with E-state index in [4.69, 9.17) is 5.11 Å². The zero-order chi connectivity index (χ0) is 13.0. The average molecular weight is 238 g/mol. The number of phenols is 1. The fourth-order valence-electron chi connectivity index (χ4n) is 1.24. The molecule has 1 aromatic rings. The van der Waals surface area contributed by atoms with Gasteiger partial charge in [0.25, 0.3) is 0 Å². The van der Waals surface area contributed by atoms with Crippen molar-refractivity contribution in [3.63, 3.8) is 0 Å². The van der Waals surface area contributed by atoms with Gasteiger partial charge in [0.15, 0.2) is 0 Å². The number of aromatic hydroxyl groups is 1. The number of rotatable bonds is 3. The molecular weight excluding hydrogens is 224 g/mol. The third-order valence-electron chi connectivity index (χ3n) is 1.90. The minimum atomic E-state index is -1.22. The number of carbonyl (C=O) groups excluding carboxylic acids is 1. The first kappa shape index (κ1) is 12.8. The van der Waals surface area contributed by atoms with E-state index >= 15 is 0 Å². The van der Waals surface area contributed by atoms with E-state index in [1.54, 1.807) is 13.8 Å². The minimum absolute atomic E-state index is 0.0552. The molecule has 0 bridgehead atoms. The summed E-state index contributed by atoms with van der Waals surface area (Å²) in [5.41, 5.74) is -0.0302. The molecule has 1 rings (SSSR count). The van der Waals surface area contributed by atoms with Crippen molar-refractivity contribution in [3.05, 3.63) is 23.8 Å². The van der Waals surface area contributed by atoms with Crippen LogP contribution in [0.15, 0.2) is 18.2 Å². The van der Waals surface area contributed by atoms with Gasteiger partial charge in [0, 0.05) is 6.04 Å². The second kappa shape index (κ2) is 5.20. The number of amides is 2. The number of carboxylic acids is 1. The maximum atomic E-state index is 11.4. The summed E-state index contributed by atoms with van der Waals surface area (Å²) in [5.74, 6) is -1.39. The summed E-state index contributed by atoms with van der Waals surface area (Å²) in [6.07, 6.45) is 0. The molecule has 0 radical (unpaired) electrons. The third kappa shape index (κ3) is 3.67. The Kier molecular flexibility index (Phi) is 3.92. The quantitative estimate of drug-likeness (QED) is 0.601. The molecule has 0 unspecified atom stereocenters. The molecule has 0 saturated carbocycles. The molecule has 0 aromatic heterocycles. The van der Waals surface area contributed by atoms with Crippen LogP contribution in [0.4, 0.5) is 10.5 Å². The van der Waals surface area contributed by atoms with E-state index in [2.05, 4.69) is 10.6 Å². The average Bonchev–Trinajstić information content (AvgIpc) is 2.19. The molecule has 0 atom stereocenters. The minimum Gasteiger partial charge on any atom is -0.508 e. The SMILES string of the molecule is CC(C)NC(=O)Nc1ccc(O)cc1C(=O)O. The lowest BCUT2D eigenvalue weighted by Gasteiger charge is -2.12. The number of carbonyl (C=O) groups is 2. The number of anilines is 1. The van der Waals surface area contributed by atoms with Crippen LogP contribution in [-0.2, 0) is 0 Å². The van der Waals surface area contributed by atoms with Crippen molar-refractivity contribution in [2.75, 3.05) is 5.32 Å². The van der Waals surface area contributed by atoms with E-state index in [9.17, 15) is 14.7 Å². The molecule has 1 aromatic carbocycles. The Bertz CT molecular complexity index is 443. The van der Waals surface area contributed by atoms with Crippen LogP contribution in [0.2, 0.25) is 0 Å². The van der Waals surface area contributed by atoms with Gasteiger partial charge in [0.05, 0.1) is 11.3 Å². The number of hydrogen-bond acceptors (Lipinski definition) is 3. The first-order valence-electron chi connectivity index (χ1n) is 5.04. The summed E-state index contributed by atoms with van der Waals surface area (Å²) in [5, 5.41) is 23.1. The Balaban J connectivity index is 2.91. The smallest absolute Gasteiger partial charge is 0.337 e. The zero-order valence-corrected chi connectivity index (χ0v) is 9.52. The summed E-state index contributed by atoms with van der Waals surface area (Å²) in [6.45, 7) is 3.57. The number of nitrogens with one attached hydrogen (secondary N) is 2. The summed E-state index contributed by atoms with van der Waals surface area (Å²) >= 11 is 0. The Morgan fingerprint density at radius 2 is 1.94 bits per heavy atom. The molecule has 4 N–H and O–H groups in total. The number of phenolic OH excluding ortho intramolecular Hbond substituents is 1. The first-order chi connectivity index (χ1) is 7.90. The largest absolute Gasteiger partial charge is 0.508 e. The van der Waals surface area contributed by atoms with Gasteiger partial charge in [0.2, 0.25) is 0 Å². The van der Waals surface area contributed by atoms with E-state index in [0.717, 1.165) is 6.07 Å². The van der Waals surface area contributed by atoms with Gasteiger partial charge < -0.3 is 20.8 Å². The third-order valence-corrected chi connectivity index (χ3v) is 1.90. The van der Waals surface area contributed by atoms with Crippen LogP contribution in [0.1, 0.15) is 24.2 Å². The normalized spacial score (nSPS) is 10.1. The highest BCUT2D eigenvalue weighted by Gasteiger charge is 2.13. The van der Waals surface area contributed by atoms with Gasteiger partial charge in [-0.1, -0.05) is 0 Å². The van der Waals surface area contributed by atoms with Crippen LogP contribution in [0.5, 0.6) is 5.75 Å². The molecule has 0 aliphatic heterocycles. The predicted molar refractivity (Wildman–Crippen MR) is 62.4 cm³/mol. The number of aromatic carboxylic acids is 1. The van der Waals surface area contributed by atoms with Gasteiger partial charge in [-0.15, -0.1) is 0 Å². The standard InChI is InChI=1S/C11H14N2O4/c1-6(2)12-11(17)13-9-4-3-7(14)5-8(9)10(15)16/h3-6,14H,1-2H3,(H,15,16)(H2,12,13,17). The lowest BCUT2D eigenvalue weighted by molar-refractivity contribution is 0.0697. The Labute approximate surface area is 98.3 Å². The summed E-state index contributed by atoms with van der Waals surface area (Å²) < 4.78 is 0. The number of benzene rings is 1. The van der Waals surface area contributed by atoms with Crippen molar-refractivity contribution < 1.29 is 19.8 Å². The molecule has 92 valence electrons. The molecule has 6 nitrogen and oxygen atoms in total. The molecule has 0 heterocycles. The van der Waals surface area contributed by atoms with Gasteiger partial charge in [-0.05, 0) is 32.0 Å². The van der Waals surface area contributed by atoms with Crippen molar-refractivity contribution >= 4 is 17.7 Å². The van der Waals surface area contributed by atoms with Crippen LogP contribution >= 0.6 is 0 Å². The van der Waals surface area contributed by atoms with E-state index in [1.165, 1.54) is 12.1 Å². The second-order valence-corrected chi connectivity index (χ2v) is 3.79. The van der Waals surface area contributed by atoms with Crippen molar-refractivity contribution in [1.82, 2.24) is 5.32 Å². The van der Waals surface area contributed by atoms with Gasteiger partial charge in [-0.25, -0.2) is 9.59 Å². The number of carboxylic acid groups (broad SMARTS) is 1.